The summed E-state index contributed by atoms with van der Waals surface area (Å²) in [4.78, 5) is 32.5. The molecule has 0 saturated carbocycles. The smallest absolute Gasteiger partial charge is 0.366 e. The van der Waals surface area contributed by atoms with Crippen LogP contribution in [0.2, 0.25) is 0 Å². The molecule has 4 rings (SSSR count). The van der Waals surface area contributed by atoms with Gasteiger partial charge in [-0.15, -0.1) is 11.8 Å². The van der Waals surface area contributed by atoms with Crippen molar-refractivity contribution in [3.63, 3.8) is 0 Å². The molecule has 1 aromatic carbocycles. The summed E-state index contributed by atoms with van der Waals surface area (Å²) in [5, 5.41) is 12.2. The van der Waals surface area contributed by atoms with Gasteiger partial charge in [-0.2, -0.15) is 18.4 Å². The van der Waals surface area contributed by atoms with Crippen LogP contribution in [0.25, 0.3) is 10.9 Å². The largest absolute Gasteiger partial charge is 0.416 e. The number of aromatic nitrogens is 1. The monoisotopic (exact) mass is 479 g/mol. The van der Waals surface area contributed by atoms with Gasteiger partial charge in [0.1, 0.15) is 6.04 Å². The Labute approximate surface area is 191 Å². The fraction of sp³-hybridized carbons (Fsp3) is 0.429. The maximum Gasteiger partial charge on any atom is 0.416 e. The van der Waals surface area contributed by atoms with E-state index in [0.717, 1.165) is 0 Å². The van der Waals surface area contributed by atoms with Crippen LogP contribution in [-0.4, -0.2) is 77.9 Å². The lowest BCUT2D eigenvalue weighted by Gasteiger charge is -2.35. The second kappa shape index (κ2) is 9.44. The molecule has 0 unspecified atom stereocenters. The van der Waals surface area contributed by atoms with Gasteiger partial charge in [-0.1, -0.05) is 0 Å². The summed E-state index contributed by atoms with van der Waals surface area (Å²) < 4.78 is 44.1. The number of amides is 2. The van der Waals surface area contributed by atoms with Crippen molar-refractivity contribution in [1.82, 2.24) is 15.2 Å². The van der Waals surface area contributed by atoms with Crippen molar-refractivity contribution in [2.75, 3.05) is 42.8 Å². The van der Waals surface area contributed by atoms with Crippen LogP contribution < -0.4 is 10.2 Å². The molecule has 8 nitrogen and oxygen atoms in total. The number of nitrogens with zero attached hydrogens (tertiary/aromatic N) is 4. The molecule has 2 atom stereocenters. The predicted molar refractivity (Wildman–Crippen MR) is 116 cm³/mol. The molecule has 0 spiro atoms. The standard InChI is InChI=1S/C21H20F3N5O3S/c22-21(23,24)18-10-28(5-6-32-18)13-1-2-17-16(7-13)15(3-4-26-17)20(31)27-9-19(30)29-12-33-11-14(29)8-25/h1-4,7,14,18H,5-6,9-12H2,(H,27,31)/t14-,18+/m1/s1. The van der Waals surface area contributed by atoms with Gasteiger partial charge in [0.25, 0.3) is 5.91 Å². The van der Waals surface area contributed by atoms with E-state index in [9.17, 15) is 22.8 Å². The number of benzene rings is 1. The summed E-state index contributed by atoms with van der Waals surface area (Å²) in [6.45, 7) is -0.400. The van der Waals surface area contributed by atoms with Crippen molar-refractivity contribution in [2.45, 2.75) is 18.3 Å². The lowest BCUT2D eigenvalue weighted by Crippen LogP contribution is -2.49. The van der Waals surface area contributed by atoms with Gasteiger partial charge in [-0.25, -0.2) is 0 Å². The molecule has 2 aliphatic heterocycles. The highest BCUT2D eigenvalue weighted by Crippen LogP contribution is 2.30. The average molecular weight is 479 g/mol. The number of thioether (sulfide) groups is 1. The lowest BCUT2D eigenvalue weighted by molar-refractivity contribution is -0.221. The van der Waals surface area contributed by atoms with Crippen LogP contribution in [0.1, 0.15) is 10.4 Å². The minimum Gasteiger partial charge on any atom is -0.366 e. The highest BCUT2D eigenvalue weighted by Gasteiger charge is 2.43. The Morgan fingerprint density at radius 1 is 1.33 bits per heavy atom. The summed E-state index contributed by atoms with van der Waals surface area (Å²) in [5.41, 5.74) is 1.27. The van der Waals surface area contributed by atoms with Gasteiger partial charge in [0.15, 0.2) is 6.10 Å². The van der Waals surface area contributed by atoms with Crippen LogP contribution in [0.15, 0.2) is 30.5 Å². The Balaban J connectivity index is 1.51. The maximum atomic E-state index is 13.1. The van der Waals surface area contributed by atoms with E-state index in [1.54, 1.807) is 23.1 Å². The quantitative estimate of drug-likeness (QED) is 0.718. The Hall–Kier alpha value is -3.04. The number of ether oxygens (including phenoxy) is 1. The van der Waals surface area contributed by atoms with Crippen molar-refractivity contribution < 1.29 is 27.5 Å². The molecule has 0 radical (unpaired) electrons. The number of rotatable bonds is 4. The molecule has 33 heavy (non-hydrogen) atoms. The third-order valence-corrected chi connectivity index (χ3v) is 6.53. The zero-order chi connectivity index (χ0) is 23.6. The van der Waals surface area contributed by atoms with Crippen molar-refractivity contribution >= 4 is 40.2 Å². The van der Waals surface area contributed by atoms with Gasteiger partial charge in [-0.3, -0.25) is 14.6 Å². The molecule has 174 valence electrons. The van der Waals surface area contributed by atoms with Crippen molar-refractivity contribution in [1.29, 1.82) is 5.26 Å². The third kappa shape index (κ3) is 4.99. The summed E-state index contributed by atoms with van der Waals surface area (Å²) in [7, 11) is 0. The highest BCUT2D eigenvalue weighted by atomic mass is 32.2. The molecule has 2 aliphatic rings. The van der Waals surface area contributed by atoms with Gasteiger partial charge in [-0.05, 0) is 24.3 Å². The predicted octanol–water partition coefficient (Wildman–Crippen LogP) is 2.16. The molecular weight excluding hydrogens is 459 g/mol. The van der Waals surface area contributed by atoms with Gasteiger partial charge in [0.05, 0.1) is 42.7 Å². The molecule has 3 heterocycles. The average Bonchev–Trinajstić information content (AvgIpc) is 3.30. The summed E-state index contributed by atoms with van der Waals surface area (Å²) in [6, 6.07) is 7.97. The molecular formula is C21H20F3N5O3S. The third-order valence-electron chi connectivity index (χ3n) is 5.52. The van der Waals surface area contributed by atoms with Crippen LogP contribution in [0.3, 0.4) is 0 Å². The van der Waals surface area contributed by atoms with Crippen LogP contribution in [0, 0.1) is 11.3 Å². The van der Waals surface area contributed by atoms with Crippen molar-refractivity contribution in [2.24, 2.45) is 0 Å². The molecule has 0 bridgehead atoms. The SMILES string of the molecule is N#C[C@@H]1CSCN1C(=O)CNC(=O)c1ccnc2ccc(N3CCO[C@H](C(F)(F)F)C3)cc12. The fourth-order valence-electron chi connectivity index (χ4n) is 3.76. The zero-order valence-corrected chi connectivity index (χ0v) is 18.2. The lowest BCUT2D eigenvalue weighted by atomic mass is 10.1. The fourth-order valence-corrected chi connectivity index (χ4v) is 4.86. The number of alkyl halides is 3. The first kappa shape index (κ1) is 23.1. The normalized spacial score (nSPS) is 21.2. The molecule has 1 aromatic heterocycles. The Kier molecular flexibility index (Phi) is 6.62. The van der Waals surface area contributed by atoms with E-state index < -0.39 is 24.2 Å². The minimum atomic E-state index is -4.47. The molecule has 1 N–H and O–H groups in total. The van der Waals surface area contributed by atoms with Crippen LogP contribution in [-0.2, 0) is 9.53 Å². The number of morpholine rings is 1. The zero-order valence-electron chi connectivity index (χ0n) is 17.3. The number of carbonyl (C=O) groups excluding carboxylic acids is 2. The van der Waals surface area contributed by atoms with E-state index in [1.165, 1.54) is 28.9 Å². The summed E-state index contributed by atoms with van der Waals surface area (Å²) in [6.07, 6.45) is -4.89. The van der Waals surface area contributed by atoms with Crippen molar-refractivity contribution in [3.8, 4) is 6.07 Å². The molecule has 2 fully saturated rings. The number of pyridine rings is 1. The van der Waals surface area contributed by atoms with Gasteiger partial charge in [0, 0.05) is 29.6 Å². The Bertz CT molecular complexity index is 1110. The molecule has 2 aromatic rings. The Morgan fingerprint density at radius 3 is 2.91 bits per heavy atom. The molecule has 2 amide bonds. The van der Waals surface area contributed by atoms with E-state index in [1.807, 2.05) is 0 Å². The van der Waals surface area contributed by atoms with E-state index in [4.69, 9.17) is 10.00 Å². The van der Waals surface area contributed by atoms with E-state index in [-0.39, 0.29) is 37.7 Å². The number of fused-ring (bicyclic) bond motifs is 1. The highest BCUT2D eigenvalue weighted by molar-refractivity contribution is 7.99. The van der Waals surface area contributed by atoms with Gasteiger partial charge in [0.2, 0.25) is 5.91 Å². The second-order valence-electron chi connectivity index (χ2n) is 7.60. The number of nitriles is 1. The van der Waals surface area contributed by atoms with E-state index >= 15 is 0 Å². The number of hydrogen-bond donors (Lipinski definition) is 1. The minimum absolute atomic E-state index is 0.0663. The van der Waals surface area contributed by atoms with Crippen LogP contribution in [0.5, 0.6) is 0 Å². The molecule has 0 aliphatic carbocycles. The summed E-state index contributed by atoms with van der Waals surface area (Å²) in [5.74, 6) is 0.0614. The topological polar surface area (TPSA) is 98.6 Å². The first-order valence-electron chi connectivity index (χ1n) is 10.1. The van der Waals surface area contributed by atoms with E-state index in [0.29, 0.717) is 28.2 Å². The number of halogens is 3. The van der Waals surface area contributed by atoms with Gasteiger partial charge < -0.3 is 19.9 Å². The van der Waals surface area contributed by atoms with Crippen LogP contribution >= 0.6 is 11.8 Å². The van der Waals surface area contributed by atoms with E-state index in [2.05, 4.69) is 16.4 Å². The number of nitrogens with one attached hydrogen (secondary N) is 1. The summed E-state index contributed by atoms with van der Waals surface area (Å²) >= 11 is 1.47. The maximum absolute atomic E-state index is 13.1. The molecule has 2 saturated heterocycles. The number of carbonyl (C=O) groups is 2. The number of anilines is 1. The second-order valence-corrected chi connectivity index (χ2v) is 8.60. The van der Waals surface area contributed by atoms with Crippen molar-refractivity contribution in [3.05, 3.63) is 36.0 Å². The first-order valence-corrected chi connectivity index (χ1v) is 11.3. The number of hydrogen-bond acceptors (Lipinski definition) is 7. The van der Waals surface area contributed by atoms with Gasteiger partial charge >= 0.3 is 6.18 Å². The Morgan fingerprint density at radius 2 is 2.15 bits per heavy atom. The van der Waals surface area contributed by atoms with Crippen LogP contribution in [0.4, 0.5) is 18.9 Å². The first-order chi connectivity index (χ1) is 15.8. The molecule has 12 heteroatoms.